The van der Waals surface area contributed by atoms with Crippen molar-refractivity contribution in [3.05, 3.63) is 48.5 Å². The molecule has 0 atom stereocenters. The first-order chi connectivity index (χ1) is 8.79. The largest absolute Gasteiger partial charge is 0.0683 e. The summed E-state index contributed by atoms with van der Waals surface area (Å²) in [5.41, 5.74) is 0. The Kier molecular flexibility index (Phi) is 16.6. The summed E-state index contributed by atoms with van der Waals surface area (Å²) in [6, 6.07) is 16.7. The zero-order valence-electron chi connectivity index (χ0n) is 13.0. The van der Waals surface area contributed by atoms with Crippen LogP contribution in [0, 0.1) is 0 Å². The fraction of sp³-hybridized carbons (Fsp3) is 0.444. The number of benzene rings is 2. The van der Waals surface area contributed by atoms with Crippen LogP contribution in [0.1, 0.15) is 54.4 Å². The molecule has 102 valence electrons. The molecule has 0 heterocycles. The number of rotatable bonds is 0. The second-order valence-electron chi connectivity index (χ2n) is 3.76. The molecule has 2 aromatic rings. The minimum atomic E-state index is 1.25. The second-order valence-corrected chi connectivity index (χ2v) is 3.76. The van der Waals surface area contributed by atoms with E-state index in [4.69, 9.17) is 0 Å². The van der Waals surface area contributed by atoms with Gasteiger partial charge in [-0.25, -0.2) is 0 Å². The van der Waals surface area contributed by atoms with Crippen molar-refractivity contribution in [2.75, 3.05) is 0 Å². The normalized spacial score (nSPS) is 7.89. The molecule has 0 radical (unpaired) electrons. The lowest BCUT2D eigenvalue weighted by Crippen LogP contribution is -1.67. The molecule has 0 bridgehead atoms. The standard InChI is InChI=1S/C10H8.2C3H8.C2H6/c1-2-6-10-8-4-3-7-9(10)5-1;2*1-3-2;1-2/h1-8H;2*3H2,1-2H3;1-2H3. The van der Waals surface area contributed by atoms with Gasteiger partial charge in [0.1, 0.15) is 0 Å². The van der Waals surface area contributed by atoms with Crippen LogP contribution in [-0.2, 0) is 0 Å². The fourth-order valence-corrected chi connectivity index (χ4v) is 1.13. The molecular weight excluding hydrogens is 216 g/mol. The van der Waals surface area contributed by atoms with Crippen LogP contribution >= 0.6 is 0 Å². The quantitative estimate of drug-likeness (QED) is 0.485. The summed E-state index contributed by atoms with van der Waals surface area (Å²) in [5.74, 6) is 0. The molecule has 0 aliphatic rings. The molecule has 0 saturated carbocycles. The Morgan fingerprint density at radius 2 is 0.722 bits per heavy atom. The van der Waals surface area contributed by atoms with Crippen molar-refractivity contribution < 1.29 is 0 Å². The predicted octanol–water partition coefficient (Wildman–Crippen LogP) is 6.70. The lowest BCUT2D eigenvalue weighted by molar-refractivity contribution is 1.09. The van der Waals surface area contributed by atoms with Gasteiger partial charge >= 0.3 is 0 Å². The summed E-state index contributed by atoms with van der Waals surface area (Å²) in [7, 11) is 0. The first-order valence-electron chi connectivity index (χ1n) is 7.23. The third-order valence-corrected chi connectivity index (χ3v) is 1.66. The van der Waals surface area contributed by atoms with Crippen molar-refractivity contribution in [2.24, 2.45) is 0 Å². The van der Waals surface area contributed by atoms with E-state index in [2.05, 4.69) is 76.2 Å². The Hall–Kier alpha value is -1.30. The van der Waals surface area contributed by atoms with Crippen molar-refractivity contribution in [1.82, 2.24) is 0 Å². The highest BCUT2D eigenvalue weighted by atomic mass is 13.9. The van der Waals surface area contributed by atoms with Crippen molar-refractivity contribution in [2.45, 2.75) is 54.4 Å². The third kappa shape index (κ3) is 9.89. The van der Waals surface area contributed by atoms with Crippen LogP contribution in [-0.4, -0.2) is 0 Å². The fourth-order valence-electron chi connectivity index (χ4n) is 1.13. The number of hydrogen-bond acceptors (Lipinski definition) is 0. The zero-order chi connectivity index (χ0) is 14.2. The van der Waals surface area contributed by atoms with Crippen LogP contribution in [0.2, 0.25) is 0 Å². The first-order valence-corrected chi connectivity index (χ1v) is 7.23. The highest BCUT2D eigenvalue weighted by molar-refractivity contribution is 5.81. The highest BCUT2D eigenvalue weighted by Gasteiger charge is 1.85. The summed E-state index contributed by atoms with van der Waals surface area (Å²) in [6.45, 7) is 12.5. The van der Waals surface area contributed by atoms with Gasteiger partial charge < -0.3 is 0 Å². The van der Waals surface area contributed by atoms with Gasteiger partial charge in [0.15, 0.2) is 0 Å². The van der Waals surface area contributed by atoms with Crippen LogP contribution in [0.3, 0.4) is 0 Å². The Morgan fingerprint density at radius 3 is 0.889 bits per heavy atom. The molecule has 2 rings (SSSR count). The minimum Gasteiger partial charge on any atom is -0.0683 e. The van der Waals surface area contributed by atoms with E-state index in [-0.39, 0.29) is 0 Å². The summed E-state index contributed by atoms with van der Waals surface area (Å²) in [5, 5.41) is 2.62. The van der Waals surface area contributed by atoms with Gasteiger partial charge in [-0.15, -0.1) is 0 Å². The predicted molar refractivity (Wildman–Crippen MR) is 87.2 cm³/mol. The van der Waals surface area contributed by atoms with Crippen LogP contribution < -0.4 is 0 Å². The van der Waals surface area contributed by atoms with E-state index < -0.39 is 0 Å². The van der Waals surface area contributed by atoms with Crippen LogP contribution in [0.25, 0.3) is 10.8 Å². The average molecular weight is 246 g/mol. The van der Waals surface area contributed by atoms with Crippen molar-refractivity contribution in [3.8, 4) is 0 Å². The molecule has 0 fully saturated rings. The summed E-state index contributed by atoms with van der Waals surface area (Å²) in [6.07, 6.45) is 2.50. The summed E-state index contributed by atoms with van der Waals surface area (Å²) < 4.78 is 0. The molecule has 0 unspecified atom stereocenters. The minimum absolute atomic E-state index is 1.25. The summed E-state index contributed by atoms with van der Waals surface area (Å²) in [4.78, 5) is 0. The molecule has 0 nitrogen and oxygen atoms in total. The molecule has 0 amide bonds. The second kappa shape index (κ2) is 15.7. The van der Waals surface area contributed by atoms with Crippen LogP contribution in [0.4, 0.5) is 0 Å². The van der Waals surface area contributed by atoms with Gasteiger partial charge in [-0.3, -0.25) is 0 Å². The van der Waals surface area contributed by atoms with Gasteiger partial charge in [0.2, 0.25) is 0 Å². The Balaban J connectivity index is 0. The van der Waals surface area contributed by atoms with Crippen molar-refractivity contribution >= 4 is 10.8 Å². The maximum absolute atomic E-state index is 2.12. The molecule has 0 N–H and O–H groups in total. The van der Waals surface area contributed by atoms with E-state index in [0.717, 1.165) is 0 Å². The number of hydrogen-bond donors (Lipinski definition) is 0. The van der Waals surface area contributed by atoms with Crippen molar-refractivity contribution in [1.29, 1.82) is 0 Å². The van der Waals surface area contributed by atoms with E-state index >= 15 is 0 Å². The van der Waals surface area contributed by atoms with E-state index in [1.165, 1.54) is 23.6 Å². The molecule has 18 heavy (non-hydrogen) atoms. The summed E-state index contributed by atoms with van der Waals surface area (Å²) >= 11 is 0. The maximum atomic E-state index is 2.12. The molecule has 0 saturated heterocycles. The van der Waals surface area contributed by atoms with Crippen LogP contribution in [0.5, 0.6) is 0 Å². The van der Waals surface area contributed by atoms with Crippen molar-refractivity contribution in [3.63, 3.8) is 0 Å². The third-order valence-electron chi connectivity index (χ3n) is 1.66. The van der Waals surface area contributed by atoms with E-state index in [1.54, 1.807) is 0 Å². The van der Waals surface area contributed by atoms with Gasteiger partial charge in [0.05, 0.1) is 0 Å². The Labute approximate surface area is 114 Å². The van der Waals surface area contributed by atoms with E-state index in [1.807, 2.05) is 13.8 Å². The zero-order valence-corrected chi connectivity index (χ0v) is 13.0. The SMILES string of the molecule is CC.CCC.CCC.c1ccc2ccccc2c1. The van der Waals surface area contributed by atoms with E-state index in [9.17, 15) is 0 Å². The molecule has 0 heteroatoms. The molecule has 0 spiro atoms. The molecular formula is C18H30. The molecule has 0 aromatic heterocycles. The highest BCUT2D eigenvalue weighted by Crippen LogP contribution is 2.11. The van der Waals surface area contributed by atoms with Gasteiger partial charge in [-0.1, -0.05) is 103 Å². The van der Waals surface area contributed by atoms with E-state index in [0.29, 0.717) is 0 Å². The molecule has 0 aliphatic carbocycles. The topological polar surface area (TPSA) is 0 Å². The lowest BCUT2D eigenvalue weighted by atomic mass is 10.1. The first kappa shape index (κ1) is 19.0. The Bertz CT molecular complexity index is 296. The van der Waals surface area contributed by atoms with Crippen LogP contribution in [0.15, 0.2) is 48.5 Å². The number of fused-ring (bicyclic) bond motifs is 1. The monoisotopic (exact) mass is 246 g/mol. The molecule has 2 aromatic carbocycles. The Morgan fingerprint density at radius 1 is 0.556 bits per heavy atom. The van der Waals surface area contributed by atoms with Gasteiger partial charge in [0.25, 0.3) is 0 Å². The maximum Gasteiger partial charge on any atom is -0.0184 e. The van der Waals surface area contributed by atoms with Gasteiger partial charge in [-0.2, -0.15) is 0 Å². The lowest BCUT2D eigenvalue weighted by Gasteiger charge is -1.92. The average Bonchev–Trinajstić information content (AvgIpc) is 2.43. The van der Waals surface area contributed by atoms with Gasteiger partial charge in [-0.05, 0) is 10.8 Å². The smallest absolute Gasteiger partial charge is 0.0184 e. The van der Waals surface area contributed by atoms with Gasteiger partial charge in [0, 0.05) is 0 Å². The molecule has 0 aliphatic heterocycles.